The van der Waals surface area contributed by atoms with Crippen LogP contribution in [-0.4, -0.2) is 47.8 Å². The van der Waals surface area contributed by atoms with Crippen LogP contribution in [0.3, 0.4) is 0 Å². The molecule has 0 aromatic heterocycles. The molecule has 1 fully saturated rings. The number of hydrogen-bond acceptors (Lipinski definition) is 2. The maximum Gasteiger partial charge on any atom is 0.256 e. The predicted molar refractivity (Wildman–Crippen MR) is 114 cm³/mol. The average molecular weight is 402 g/mol. The van der Waals surface area contributed by atoms with E-state index in [0.29, 0.717) is 38.2 Å². The maximum absolute atomic E-state index is 13.9. The average Bonchev–Trinajstić information content (AvgIpc) is 2.80. The third kappa shape index (κ3) is 4.25. The summed E-state index contributed by atoms with van der Waals surface area (Å²) in [4.78, 5) is 29.2. The zero-order valence-corrected chi connectivity index (χ0v) is 16.6. The molecule has 152 valence electrons. The van der Waals surface area contributed by atoms with Gasteiger partial charge in [-0.15, -0.1) is 0 Å². The monoisotopic (exact) mass is 402 g/mol. The van der Waals surface area contributed by atoms with E-state index in [1.165, 1.54) is 12.1 Å². The van der Waals surface area contributed by atoms with Gasteiger partial charge in [-0.05, 0) is 35.7 Å². The fraction of sp³-hybridized carbons (Fsp3) is 0.200. The third-order valence-electron chi connectivity index (χ3n) is 5.44. The van der Waals surface area contributed by atoms with Gasteiger partial charge in [0.05, 0.1) is 5.56 Å². The van der Waals surface area contributed by atoms with E-state index >= 15 is 0 Å². The molecule has 4 nitrogen and oxygen atoms in total. The topological polar surface area (TPSA) is 40.6 Å². The van der Waals surface area contributed by atoms with Crippen molar-refractivity contribution in [3.05, 3.63) is 107 Å². The molecule has 30 heavy (non-hydrogen) atoms. The number of benzene rings is 3. The van der Waals surface area contributed by atoms with Crippen molar-refractivity contribution in [2.45, 2.75) is 6.42 Å². The van der Waals surface area contributed by atoms with E-state index in [0.717, 1.165) is 11.1 Å². The van der Waals surface area contributed by atoms with Gasteiger partial charge in [-0.3, -0.25) is 9.59 Å². The zero-order valence-electron chi connectivity index (χ0n) is 16.6. The fourth-order valence-electron chi connectivity index (χ4n) is 3.79. The highest BCUT2D eigenvalue weighted by atomic mass is 19.1. The molecule has 0 atom stereocenters. The van der Waals surface area contributed by atoms with Gasteiger partial charge in [0.15, 0.2) is 0 Å². The summed E-state index contributed by atoms with van der Waals surface area (Å²) < 4.78 is 13.9. The van der Waals surface area contributed by atoms with Crippen molar-refractivity contribution in [2.24, 2.45) is 0 Å². The van der Waals surface area contributed by atoms with Gasteiger partial charge >= 0.3 is 0 Å². The standard InChI is InChI=1S/C25H23FN2O2/c26-23-13-7-6-12-22(23)25(30)28-16-14-27(15-17-28)24(29)21-11-5-4-10-20(21)18-19-8-2-1-3-9-19/h1-13H,14-18H2. The van der Waals surface area contributed by atoms with E-state index < -0.39 is 5.82 Å². The van der Waals surface area contributed by atoms with Crippen molar-refractivity contribution < 1.29 is 14.0 Å². The van der Waals surface area contributed by atoms with Gasteiger partial charge in [0.25, 0.3) is 11.8 Å². The Morgan fingerprint density at radius 1 is 0.667 bits per heavy atom. The molecule has 1 aliphatic rings. The molecule has 0 saturated carbocycles. The summed E-state index contributed by atoms with van der Waals surface area (Å²) in [6.07, 6.45) is 0.689. The number of halogens is 1. The lowest BCUT2D eigenvalue weighted by Gasteiger charge is -2.35. The fourth-order valence-corrected chi connectivity index (χ4v) is 3.79. The van der Waals surface area contributed by atoms with Crippen molar-refractivity contribution >= 4 is 11.8 Å². The van der Waals surface area contributed by atoms with Crippen LogP contribution in [0, 0.1) is 5.82 Å². The van der Waals surface area contributed by atoms with Crippen LogP contribution in [0.4, 0.5) is 4.39 Å². The Hall–Kier alpha value is -3.47. The Kier molecular flexibility index (Phi) is 5.89. The Labute approximate surface area is 175 Å². The molecule has 3 aromatic carbocycles. The maximum atomic E-state index is 13.9. The lowest BCUT2D eigenvalue weighted by Crippen LogP contribution is -2.50. The molecule has 5 heteroatoms. The molecule has 0 radical (unpaired) electrons. The second-order valence-electron chi connectivity index (χ2n) is 7.38. The minimum absolute atomic E-state index is 0.0282. The molecule has 2 amide bonds. The summed E-state index contributed by atoms with van der Waals surface area (Å²) in [5.74, 6) is -0.875. The zero-order chi connectivity index (χ0) is 20.9. The lowest BCUT2D eigenvalue weighted by molar-refractivity contribution is 0.0532. The largest absolute Gasteiger partial charge is 0.335 e. The minimum atomic E-state index is -0.518. The molecule has 0 aliphatic carbocycles. The molecule has 0 unspecified atom stereocenters. The Balaban J connectivity index is 1.44. The summed E-state index contributed by atoms with van der Waals surface area (Å²) in [6, 6.07) is 23.7. The quantitative estimate of drug-likeness (QED) is 0.662. The number of piperazine rings is 1. The van der Waals surface area contributed by atoms with Crippen LogP contribution in [0.5, 0.6) is 0 Å². The first-order chi connectivity index (χ1) is 14.6. The van der Waals surface area contributed by atoms with Crippen molar-refractivity contribution in [1.82, 2.24) is 9.80 Å². The van der Waals surface area contributed by atoms with Gasteiger partial charge < -0.3 is 9.80 Å². The Morgan fingerprint density at radius 2 is 1.17 bits per heavy atom. The van der Waals surface area contributed by atoms with Crippen molar-refractivity contribution in [3.8, 4) is 0 Å². The third-order valence-corrected chi connectivity index (χ3v) is 5.44. The van der Waals surface area contributed by atoms with Crippen molar-refractivity contribution in [3.63, 3.8) is 0 Å². The van der Waals surface area contributed by atoms with E-state index in [2.05, 4.69) is 0 Å². The van der Waals surface area contributed by atoms with Crippen LogP contribution in [0.2, 0.25) is 0 Å². The van der Waals surface area contributed by atoms with Gasteiger partial charge in [0.2, 0.25) is 0 Å². The van der Waals surface area contributed by atoms with E-state index in [1.54, 1.807) is 21.9 Å². The van der Waals surface area contributed by atoms with Crippen LogP contribution in [0.1, 0.15) is 31.8 Å². The molecule has 1 heterocycles. The van der Waals surface area contributed by atoms with Crippen LogP contribution in [0.25, 0.3) is 0 Å². The summed E-state index contributed by atoms with van der Waals surface area (Å²) in [5.41, 5.74) is 2.90. The van der Waals surface area contributed by atoms with Gasteiger partial charge in [-0.25, -0.2) is 4.39 Å². The molecular weight excluding hydrogens is 379 g/mol. The Bertz CT molecular complexity index is 1040. The van der Waals surface area contributed by atoms with Gasteiger partial charge in [-0.1, -0.05) is 60.7 Å². The van der Waals surface area contributed by atoms with Gasteiger partial charge in [0, 0.05) is 31.7 Å². The number of carbonyl (C=O) groups is 2. The number of hydrogen-bond donors (Lipinski definition) is 0. The predicted octanol–water partition coefficient (Wildman–Crippen LogP) is 4.01. The van der Waals surface area contributed by atoms with Crippen molar-refractivity contribution in [2.75, 3.05) is 26.2 Å². The van der Waals surface area contributed by atoms with Gasteiger partial charge in [0.1, 0.15) is 5.82 Å². The molecule has 4 rings (SSSR count). The van der Waals surface area contributed by atoms with Crippen LogP contribution >= 0.6 is 0 Å². The smallest absolute Gasteiger partial charge is 0.256 e. The normalized spacial score (nSPS) is 13.9. The number of amides is 2. The summed E-state index contributed by atoms with van der Waals surface area (Å²) >= 11 is 0. The first-order valence-electron chi connectivity index (χ1n) is 10.1. The second-order valence-corrected chi connectivity index (χ2v) is 7.38. The molecule has 3 aromatic rings. The summed E-state index contributed by atoms with van der Waals surface area (Å²) in [6.45, 7) is 1.64. The van der Waals surface area contributed by atoms with E-state index in [-0.39, 0.29) is 17.4 Å². The highest BCUT2D eigenvalue weighted by Gasteiger charge is 2.27. The first kappa shape index (κ1) is 19.8. The highest BCUT2D eigenvalue weighted by Crippen LogP contribution is 2.18. The van der Waals surface area contributed by atoms with Crippen LogP contribution in [0.15, 0.2) is 78.9 Å². The minimum Gasteiger partial charge on any atom is -0.335 e. The van der Waals surface area contributed by atoms with E-state index in [1.807, 2.05) is 54.6 Å². The first-order valence-corrected chi connectivity index (χ1v) is 10.1. The molecule has 0 bridgehead atoms. The van der Waals surface area contributed by atoms with Crippen LogP contribution in [-0.2, 0) is 6.42 Å². The molecule has 0 N–H and O–H groups in total. The number of rotatable bonds is 4. The summed E-state index contributed by atoms with van der Waals surface area (Å²) in [7, 11) is 0. The Morgan fingerprint density at radius 3 is 1.80 bits per heavy atom. The van der Waals surface area contributed by atoms with Gasteiger partial charge in [-0.2, -0.15) is 0 Å². The molecule has 0 spiro atoms. The highest BCUT2D eigenvalue weighted by molar-refractivity contribution is 5.97. The SMILES string of the molecule is O=C(c1ccccc1F)N1CCN(C(=O)c2ccccc2Cc2ccccc2)CC1. The van der Waals surface area contributed by atoms with E-state index in [9.17, 15) is 14.0 Å². The number of nitrogens with zero attached hydrogens (tertiary/aromatic N) is 2. The van der Waals surface area contributed by atoms with E-state index in [4.69, 9.17) is 0 Å². The second kappa shape index (κ2) is 8.91. The lowest BCUT2D eigenvalue weighted by atomic mass is 9.99. The number of carbonyl (C=O) groups excluding carboxylic acids is 2. The molecule has 1 saturated heterocycles. The van der Waals surface area contributed by atoms with Crippen LogP contribution < -0.4 is 0 Å². The summed E-state index contributed by atoms with van der Waals surface area (Å²) in [5, 5.41) is 0. The van der Waals surface area contributed by atoms with Crippen molar-refractivity contribution in [1.29, 1.82) is 0 Å². The molecule has 1 aliphatic heterocycles. The molecular formula is C25H23FN2O2.